The molecule has 0 aromatic carbocycles. The Morgan fingerprint density at radius 3 is 2.72 bits per heavy atom. The summed E-state index contributed by atoms with van der Waals surface area (Å²) in [4.78, 5) is 9.88. The van der Waals surface area contributed by atoms with E-state index in [4.69, 9.17) is 20.7 Å². The molecule has 1 aliphatic rings. The number of rotatable bonds is 1. The van der Waals surface area contributed by atoms with Crippen molar-refractivity contribution in [2.45, 2.75) is 6.92 Å². The van der Waals surface area contributed by atoms with Gasteiger partial charge in [-0.2, -0.15) is 9.98 Å². The summed E-state index contributed by atoms with van der Waals surface area (Å²) in [5.41, 5.74) is 11.5. The second kappa shape index (κ2) is 5.50. The standard InChI is InChI=1S/C10H16N6O2/c1-7-6-8(15-18-7)13-9(11)14-10(12)16-2-4-17-5-3-16/h6H,2-5H2,1H3,(H4,11,12,13,14,15). The third kappa shape index (κ3) is 3.20. The average molecular weight is 252 g/mol. The minimum atomic E-state index is 0.0484. The van der Waals surface area contributed by atoms with Crippen LogP contribution in [0.1, 0.15) is 5.76 Å². The Hall–Kier alpha value is -2.09. The van der Waals surface area contributed by atoms with Crippen LogP contribution < -0.4 is 11.5 Å². The fourth-order valence-corrected chi connectivity index (χ4v) is 1.53. The van der Waals surface area contributed by atoms with Crippen LogP contribution in [0.3, 0.4) is 0 Å². The predicted octanol–water partition coefficient (Wildman–Crippen LogP) is -0.424. The van der Waals surface area contributed by atoms with Crippen LogP contribution in [0.15, 0.2) is 20.6 Å². The fourth-order valence-electron chi connectivity index (χ4n) is 1.53. The number of aromatic nitrogens is 1. The van der Waals surface area contributed by atoms with Gasteiger partial charge >= 0.3 is 0 Å². The Morgan fingerprint density at radius 2 is 2.11 bits per heavy atom. The van der Waals surface area contributed by atoms with Crippen molar-refractivity contribution in [3.8, 4) is 0 Å². The molecular weight excluding hydrogens is 236 g/mol. The average Bonchev–Trinajstić information content (AvgIpc) is 2.75. The number of ether oxygens (including phenoxy) is 1. The summed E-state index contributed by atoms with van der Waals surface area (Å²) in [5, 5.41) is 3.69. The number of guanidine groups is 2. The Kier molecular flexibility index (Phi) is 3.78. The molecule has 0 amide bonds. The molecule has 1 aliphatic heterocycles. The topological polar surface area (TPSA) is 115 Å². The SMILES string of the molecule is Cc1cc(N=C(N)/N=C(\N)N2CCOCC2)no1. The highest BCUT2D eigenvalue weighted by molar-refractivity contribution is 5.94. The van der Waals surface area contributed by atoms with Gasteiger partial charge in [-0.15, -0.1) is 0 Å². The summed E-state index contributed by atoms with van der Waals surface area (Å²) in [6.07, 6.45) is 0. The molecule has 8 heteroatoms. The van der Waals surface area contributed by atoms with E-state index >= 15 is 0 Å². The predicted molar refractivity (Wildman–Crippen MR) is 66.5 cm³/mol. The van der Waals surface area contributed by atoms with Gasteiger partial charge < -0.3 is 25.6 Å². The van der Waals surface area contributed by atoms with Crippen molar-refractivity contribution in [3.05, 3.63) is 11.8 Å². The largest absolute Gasteiger partial charge is 0.378 e. The van der Waals surface area contributed by atoms with Crippen molar-refractivity contribution in [2.24, 2.45) is 21.5 Å². The zero-order valence-electron chi connectivity index (χ0n) is 10.2. The van der Waals surface area contributed by atoms with E-state index in [1.165, 1.54) is 0 Å². The molecule has 2 rings (SSSR count). The monoisotopic (exact) mass is 252 g/mol. The first kappa shape index (κ1) is 12.4. The number of hydrogen-bond acceptors (Lipinski definition) is 4. The fraction of sp³-hybridized carbons (Fsp3) is 0.500. The normalized spacial score (nSPS) is 18.2. The summed E-state index contributed by atoms with van der Waals surface area (Å²) in [7, 11) is 0. The summed E-state index contributed by atoms with van der Waals surface area (Å²) < 4.78 is 10.1. The number of aliphatic imine (C=N–C) groups is 2. The Labute approximate surface area is 104 Å². The van der Waals surface area contributed by atoms with E-state index in [1.54, 1.807) is 13.0 Å². The van der Waals surface area contributed by atoms with Gasteiger partial charge in [0.05, 0.1) is 13.2 Å². The maximum Gasteiger partial charge on any atom is 0.225 e. The maximum atomic E-state index is 5.82. The molecule has 0 bridgehead atoms. The number of morpholine rings is 1. The number of nitrogens with two attached hydrogens (primary N) is 2. The Morgan fingerprint density at radius 1 is 1.39 bits per heavy atom. The van der Waals surface area contributed by atoms with Gasteiger partial charge in [-0.25, -0.2) is 0 Å². The zero-order chi connectivity index (χ0) is 13.0. The van der Waals surface area contributed by atoms with E-state index in [9.17, 15) is 0 Å². The third-order valence-electron chi connectivity index (χ3n) is 2.41. The van der Waals surface area contributed by atoms with Crippen molar-refractivity contribution < 1.29 is 9.26 Å². The van der Waals surface area contributed by atoms with E-state index in [2.05, 4.69) is 15.1 Å². The van der Waals surface area contributed by atoms with Crippen LogP contribution in [-0.4, -0.2) is 48.3 Å². The zero-order valence-corrected chi connectivity index (χ0v) is 10.2. The van der Waals surface area contributed by atoms with Crippen molar-refractivity contribution in [1.82, 2.24) is 10.1 Å². The highest BCUT2D eigenvalue weighted by Crippen LogP contribution is 2.10. The quantitative estimate of drug-likeness (QED) is 0.518. The maximum absolute atomic E-state index is 5.82. The summed E-state index contributed by atoms with van der Waals surface area (Å²) in [6.45, 7) is 4.44. The molecule has 0 unspecified atom stereocenters. The van der Waals surface area contributed by atoms with Crippen LogP contribution in [0, 0.1) is 6.92 Å². The summed E-state index contributed by atoms with van der Waals surface area (Å²) in [6, 6.07) is 1.66. The van der Waals surface area contributed by atoms with Crippen molar-refractivity contribution in [1.29, 1.82) is 0 Å². The van der Waals surface area contributed by atoms with Crippen LogP contribution in [-0.2, 0) is 4.74 Å². The lowest BCUT2D eigenvalue weighted by Gasteiger charge is -2.27. The first-order chi connectivity index (χ1) is 8.65. The van der Waals surface area contributed by atoms with E-state index in [0.29, 0.717) is 43.8 Å². The van der Waals surface area contributed by atoms with Gasteiger partial charge in [-0.3, -0.25) is 0 Å². The lowest BCUT2D eigenvalue weighted by Crippen LogP contribution is -2.45. The molecule has 0 saturated carbocycles. The molecule has 0 atom stereocenters. The minimum absolute atomic E-state index is 0.0484. The molecule has 1 aromatic rings. The van der Waals surface area contributed by atoms with E-state index in [0.717, 1.165) is 0 Å². The molecule has 18 heavy (non-hydrogen) atoms. The molecule has 8 nitrogen and oxygen atoms in total. The molecule has 1 fully saturated rings. The second-order valence-electron chi connectivity index (χ2n) is 3.84. The smallest absolute Gasteiger partial charge is 0.225 e. The summed E-state index contributed by atoms with van der Waals surface area (Å²) in [5.74, 6) is 1.42. The highest BCUT2D eigenvalue weighted by atomic mass is 16.5. The molecule has 0 radical (unpaired) electrons. The van der Waals surface area contributed by atoms with Gasteiger partial charge in [0.15, 0.2) is 11.8 Å². The van der Waals surface area contributed by atoms with Crippen molar-refractivity contribution in [3.63, 3.8) is 0 Å². The van der Waals surface area contributed by atoms with Gasteiger partial charge in [-0.05, 0) is 6.92 Å². The molecule has 98 valence electrons. The molecular formula is C10H16N6O2. The van der Waals surface area contributed by atoms with Gasteiger partial charge in [0.2, 0.25) is 5.96 Å². The van der Waals surface area contributed by atoms with E-state index in [-0.39, 0.29) is 5.96 Å². The number of hydrogen-bond donors (Lipinski definition) is 2. The first-order valence-electron chi connectivity index (χ1n) is 5.59. The molecule has 0 spiro atoms. The lowest BCUT2D eigenvalue weighted by atomic mass is 10.4. The van der Waals surface area contributed by atoms with Gasteiger partial charge in [0, 0.05) is 19.2 Å². The van der Waals surface area contributed by atoms with Crippen LogP contribution >= 0.6 is 0 Å². The van der Waals surface area contributed by atoms with Crippen LogP contribution in [0.4, 0.5) is 5.82 Å². The van der Waals surface area contributed by atoms with E-state index in [1.807, 2.05) is 4.90 Å². The third-order valence-corrected chi connectivity index (χ3v) is 2.41. The summed E-state index contributed by atoms with van der Waals surface area (Å²) >= 11 is 0. The molecule has 1 aromatic heterocycles. The van der Waals surface area contributed by atoms with Crippen molar-refractivity contribution >= 4 is 17.7 Å². The van der Waals surface area contributed by atoms with Crippen molar-refractivity contribution in [2.75, 3.05) is 26.3 Å². The van der Waals surface area contributed by atoms with E-state index < -0.39 is 0 Å². The highest BCUT2D eigenvalue weighted by Gasteiger charge is 2.12. The Bertz CT molecular complexity index is 461. The van der Waals surface area contributed by atoms with Crippen LogP contribution in [0.25, 0.3) is 0 Å². The van der Waals surface area contributed by atoms with Gasteiger partial charge in [0.1, 0.15) is 5.76 Å². The number of nitrogens with zero attached hydrogens (tertiary/aromatic N) is 4. The molecule has 2 heterocycles. The van der Waals surface area contributed by atoms with Crippen LogP contribution in [0.5, 0.6) is 0 Å². The first-order valence-corrected chi connectivity index (χ1v) is 5.59. The Balaban J connectivity index is 2.04. The lowest BCUT2D eigenvalue weighted by molar-refractivity contribution is 0.0676. The van der Waals surface area contributed by atoms with Gasteiger partial charge in [0.25, 0.3) is 0 Å². The molecule has 4 N–H and O–H groups in total. The number of aryl methyl sites for hydroxylation is 1. The van der Waals surface area contributed by atoms with Crippen LogP contribution in [0.2, 0.25) is 0 Å². The van der Waals surface area contributed by atoms with Gasteiger partial charge in [-0.1, -0.05) is 5.16 Å². The second-order valence-corrected chi connectivity index (χ2v) is 3.84. The molecule has 0 aliphatic carbocycles. The molecule has 1 saturated heterocycles. The minimum Gasteiger partial charge on any atom is -0.378 e.